The van der Waals surface area contributed by atoms with Crippen LogP contribution in [0.4, 0.5) is 0 Å². The van der Waals surface area contributed by atoms with Gasteiger partial charge in [0, 0.05) is 31.5 Å². The van der Waals surface area contributed by atoms with Gasteiger partial charge in [0.25, 0.3) is 0 Å². The van der Waals surface area contributed by atoms with Crippen molar-refractivity contribution in [2.75, 3.05) is 19.6 Å². The molecule has 0 bridgehead atoms. The third-order valence-electron chi connectivity index (χ3n) is 3.94. The van der Waals surface area contributed by atoms with Crippen molar-refractivity contribution in [3.05, 3.63) is 0 Å². The van der Waals surface area contributed by atoms with Crippen molar-refractivity contribution in [1.29, 1.82) is 0 Å². The SMILES string of the molecule is CC(C(=O)O)C1CN(C(=O)CC2CCCN2)C1. The number of amides is 1. The first-order valence-electron chi connectivity index (χ1n) is 6.32. The normalized spacial score (nSPS) is 26.6. The van der Waals surface area contributed by atoms with E-state index in [9.17, 15) is 9.59 Å². The largest absolute Gasteiger partial charge is 0.481 e. The molecule has 2 aliphatic rings. The molecule has 2 heterocycles. The lowest BCUT2D eigenvalue weighted by Crippen LogP contribution is -2.54. The summed E-state index contributed by atoms with van der Waals surface area (Å²) < 4.78 is 0. The average Bonchev–Trinajstić information content (AvgIpc) is 2.67. The lowest BCUT2D eigenvalue weighted by Gasteiger charge is -2.41. The fraction of sp³-hybridized carbons (Fsp3) is 0.833. The van der Waals surface area contributed by atoms with E-state index in [1.165, 1.54) is 0 Å². The second kappa shape index (κ2) is 5.04. The minimum absolute atomic E-state index is 0.132. The van der Waals surface area contributed by atoms with Crippen molar-refractivity contribution in [1.82, 2.24) is 10.2 Å². The van der Waals surface area contributed by atoms with Crippen molar-refractivity contribution < 1.29 is 14.7 Å². The number of carboxylic acid groups (broad SMARTS) is 1. The highest BCUT2D eigenvalue weighted by Gasteiger charge is 2.37. The number of nitrogens with one attached hydrogen (secondary N) is 1. The van der Waals surface area contributed by atoms with Gasteiger partial charge in [-0.1, -0.05) is 6.92 Å². The Balaban J connectivity index is 1.71. The molecule has 0 radical (unpaired) electrons. The highest BCUT2D eigenvalue weighted by atomic mass is 16.4. The summed E-state index contributed by atoms with van der Waals surface area (Å²) in [6, 6.07) is 0.332. The summed E-state index contributed by atoms with van der Waals surface area (Å²) in [7, 11) is 0. The Kier molecular flexibility index (Phi) is 3.66. The molecule has 17 heavy (non-hydrogen) atoms. The van der Waals surface area contributed by atoms with Crippen molar-refractivity contribution >= 4 is 11.9 Å². The number of carbonyl (C=O) groups is 2. The summed E-state index contributed by atoms with van der Waals surface area (Å²) >= 11 is 0. The van der Waals surface area contributed by atoms with Crippen LogP contribution in [0.25, 0.3) is 0 Å². The van der Waals surface area contributed by atoms with Crippen LogP contribution in [-0.4, -0.2) is 47.6 Å². The van der Waals surface area contributed by atoms with Gasteiger partial charge in [0.1, 0.15) is 0 Å². The highest BCUT2D eigenvalue weighted by Crippen LogP contribution is 2.25. The zero-order chi connectivity index (χ0) is 12.4. The highest BCUT2D eigenvalue weighted by molar-refractivity contribution is 5.78. The van der Waals surface area contributed by atoms with E-state index in [0.29, 0.717) is 25.6 Å². The molecule has 0 spiro atoms. The van der Waals surface area contributed by atoms with Gasteiger partial charge in [0.05, 0.1) is 5.92 Å². The zero-order valence-electron chi connectivity index (χ0n) is 10.2. The van der Waals surface area contributed by atoms with Gasteiger partial charge in [-0.3, -0.25) is 9.59 Å². The predicted molar refractivity (Wildman–Crippen MR) is 62.5 cm³/mol. The zero-order valence-corrected chi connectivity index (χ0v) is 10.2. The van der Waals surface area contributed by atoms with E-state index in [-0.39, 0.29) is 17.7 Å². The monoisotopic (exact) mass is 240 g/mol. The van der Waals surface area contributed by atoms with Crippen LogP contribution in [0.2, 0.25) is 0 Å². The lowest BCUT2D eigenvalue weighted by molar-refractivity contribution is -0.150. The first-order valence-corrected chi connectivity index (χ1v) is 6.32. The van der Waals surface area contributed by atoms with Gasteiger partial charge in [-0.25, -0.2) is 0 Å². The molecule has 2 N–H and O–H groups in total. The summed E-state index contributed by atoms with van der Waals surface area (Å²) in [5.41, 5.74) is 0. The molecule has 0 aromatic rings. The molecule has 0 saturated carbocycles. The maximum Gasteiger partial charge on any atom is 0.306 e. The summed E-state index contributed by atoms with van der Waals surface area (Å²) in [5.74, 6) is -0.811. The number of likely N-dealkylation sites (tertiary alicyclic amines) is 1. The van der Waals surface area contributed by atoms with Crippen LogP contribution in [0.15, 0.2) is 0 Å². The molecule has 0 aliphatic carbocycles. The molecular formula is C12H20N2O3. The number of aliphatic carboxylic acids is 1. The van der Waals surface area contributed by atoms with Crippen LogP contribution in [0, 0.1) is 11.8 Å². The molecule has 2 unspecified atom stereocenters. The third kappa shape index (κ3) is 2.77. The Morgan fingerprint density at radius 1 is 1.47 bits per heavy atom. The second-order valence-corrected chi connectivity index (χ2v) is 5.18. The summed E-state index contributed by atoms with van der Waals surface area (Å²) in [6.07, 6.45) is 2.79. The Labute approximate surface area is 101 Å². The van der Waals surface area contributed by atoms with Gasteiger partial charge in [-0.05, 0) is 19.4 Å². The van der Waals surface area contributed by atoms with Crippen molar-refractivity contribution in [3.8, 4) is 0 Å². The van der Waals surface area contributed by atoms with Crippen LogP contribution in [0.1, 0.15) is 26.2 Å². The van der Waals surface area contributed by atoms with E-state index >= 15 is 0 Å². The minimum atomic E-state index is -0.764. The van der Waals surface area contributed by atoms with Gasteiger partial charge < -0.3 is 15.3 Å². The standard InChI is InChI=1S/C12H20N2O3/c1-8(12(16)17)9-6-14(7-9)11(15)5-10-3-2-4-13-10/h8-10,13H,2-7H2,1H3,(H,16,17). The van der Waals surface area contributed by atoms with Crippen molar-refractivity contribution in [3.63, 3.8) is 0 Å². The van der Waals surface area contributed by atoms with Crippen molar-refractivity contribution in [2.24, 2.45) is 11.8 Å². The minimum Gasteiger partial charge on any atom is -0.481 e. The molecule has 2 aliphatic heterocycles. The molecule has 2 saturated heterocycles. The van der Waals surface area contributed by atoms with E-state index in [0.717, 1.165) is 19.4 Å². The Bertz CT molecular complexity index is 307. The molecule has 2 rings (SSSR count). The number of carboxylic acids is 1. The molecule has 1 amide bonds. The van der Waals surface area contributed by atoms with E-state index in [1.54, 1.807) is 11.8 Å². The Morgan fingerprint density at radius 3 is 2.71 bits per heavy atom. The second-order valence-electron chi connectivity index (χ2n) is 5.18. The van der Waals surface area contributed by atoms with Crippen LogP contribution in [0.3, 0.4) is 0 Å². The molecule has 2 fully saturated rings. The van der Waals surface area contributed by atoms with Crippen LogP contribution < -0.4 is 5.32 Å². The van der Waals surface area contributed by atoms with Crippen LogP contribution in [0.5, 0.6) is 0 Å². The maximum absolute atomic E-state index is 11.9. The number of rotatable bonds is 4. The third-order valence-corrected chi connectivity index (χ3v) is 3.94. The lowest BCUT2D eigenvalue weighted by atomic mass is 9.86. The molecular weight excluding hydrogens is 220 g/mol. The van der Waals surface area contributed by atoms with Crippen molar-refractivity contribution in [2.45, 2.75) is 32.2 Å². The van der Waals surface area contributed by atoms with E-state index in [1.807, 2.05) is 0 Å². The van der Waals surface area contributed by atoms with E-state index in [2.05, 4.69) is 5.32 Å². The molecule has 96 valence electrons. The quantitative estimate of drug-likeness (QED) is 0.742. The number of carbonyl (C=O) groups excluding carboxylic acids is 1. The predicted octanol–water partition coefficient (Wildman–Crippen LogP) is 0.308. The first-order chi connectivity index (χ1) is 8.08. The summed E-state index contributed by atoms with van der Waals surface area (Å²) in [5, 5.41) is 12.2. The molecule has 0 aromatic heterocycles. The molecule has 2 atom stereocenters. The maximum atomic E-state index is 11.9. The van der Waals surface area contributed by atoms with Gasteiger partial charge in [-0.15, -0.1) is 0 Å². The van der Waals surface area contributed by atoms with Crippen LogP contribution in [-0.2, 0) is 9.59 Å². The average molecular weight is 240 g/mol. The van der Waals surface area contributed by atoms with Gasteiger partial charge in [-0.2, -0.15) is 0 Å². The Hall–Kier alpha value is -1.10. The van der Waals surface area contributed by atoms with Gasteiger partial charge >= 0.3 is 5.97 Å². The number of hydrogen-bond donors (Lipinski definition) is 2. The molecule has 0 aromatic carbocycles. The first kappa shape index (κ1) is 12.4. The molecule has 5 heteroatoms. The topological polar surface area (TPSA) is 69.6 Å². The van der Waals surface area contributed by atoms with Crippen LogP contribution >= 0.6 is 0 Å². The number of hydrogen-bond acceptors (Lipinski definition) is 3. The van der Waals surface area contributed by atoms with Gasteiger partial charge in [0.2, 0.25) is 5.91 Å². The molecule has 5 nitrogen and oxygen atoms in total. The fourth-order valence-electron chi connectivity index (χ4n) is 2.51. The number of nitrogens with zero attached hydrogens (tertiary/aromatic N) is 1. The fourth-order valence-corrected chi connectivity index (χ4v) is 2.51. The Morgan fingerprint density at radius 2 is 2.18 bits per heavy atom. The summed E-state index contributed by atoms with van der Waals surface area (Å²) in [6.45, 7) is 3.95. The summed E-state index contributed by atoms with van der Waals surface area (Å²) in [4.78, 5) is 24.4. The van der Waals surface area contributed by atoms with Gasteiger partial charge in [0.15, 0.2) is 0 Å². The smallest absolute Gasteiger partial charge is 0.306 e. The van der Waals surface area contributed by atoms with E-state index in [4.69, 9.17) is 5.11 Å². The van der Waals surface area contributed by atoms with E-state index < -0.39 is 5.97 Å².